The first-order valence-electron chi connectivity index (χ1n) is 5.43. The van der Waals surface area contributed by atoms with Crippen LogP contribution < -0.4 is 15.8 Å². The van der Waals surface area contributed by atoms with Gasteiger partial charge in [-0.15, -0.1) is 0 Å². The lowest BCUT2D eigenvalue weighted by Gasteiger charge is -2.10. The molecule has 0 saturated heterocycles. The number of nitriles is 1. The summed E-state index contributed by atoms with van der Waals surface area (Å²) in [6.07, 6.45) is 0. The topological polar surface area (TPSA) is 71.1 Å². The second-order valence-corrected chi connectivity index (χ2v) is 3.77. The summed E-state index contributed by atoms with van der Waals surface area (Å²) in [6.45, 7) is 0. The van der Waals surface area contributed by atoms with Crippen LogP contribution >= 0.6 is 0 Å². The van der Waals surface area contributed by atoms with E-state index in [1.54, 1.807) is 31.4 Å². The number of hydrogen-bond acceptors (Lipinski definition) is 4. The van der Waals surface area contributed by atoms with Crippen LogP contribution in [0.4, 0.5) is 17.1 Å². The van der Waals surface area contributed by atoms with Crippen molar-refractivity contribution in [3.05, 3.63) is 48.0 Å². The molecule has 3 N–H and O–H groups in total. The highest BCUT2D eigenvalue weighted by Crippen LogP contribution is 2.26. The quantitative estimate of drug-likeness (QED) is 0.808. The highest BCUT2D eigenvalue weighted by molar-refractivity contribution is 5.69. The van der Waals surface area contributed by atoms with E-state index >= 15 is 0 Å². The zero-order valence-corrected chi connectivity index (χ0v) is 9.97. The second-order valence-electron chi connectivity index (χ2n) is 3.77. The van der Waals surface area contributed by atoms with Gasteiger partial charge < -0.3 is 15.8 Å². The Bertz CT molecular complexity index is 602. The van der Waals surface area contributed by atoms with E-state index in [2.05, 4.69) is 11.4 Å². The van der Waals surface area contributed by atoms with E-state index in [1.807, 2.05) is 18.2 Å². The third-order valence-corrected chi connectivity index (χ3v) is 2.51. The summed E-state index contributed by atoms with van der Waals surface area (Å²) in [7, 11) is 1.59. The number of methoxy groups -OCH3 is 1. The largest absolute Gasteiger partial charge is 0.497 e. The van der Waals surface area contributed by atoms with Gasteiger partial charge in [-0.1, -0.05) is 6.07 Å². The molecule has 18 heavy (non-hydrogen) atoms. The molecule has 0 heterocycles. The van der Waals surface area contributed by atoms with Crippen LogP contribution in [0.5, 0.6) is 5.75 Å². The summed E-state index contributed by atoms with van der Waals surface area (Å²) >= 11 is 0. The molecular weight excluding hydrogens is 226 g/mol. The van der Waals surface area contributed by atoms with E-state index < -0.39 is 0 Å². The summed E-state index contributed by atoms with van der Waals surface area (Å²) in [5, 5.41) is 12.2. The van der Waals surface area contributed by atoms with E-state index in [9.17, 15) is 0 Å². The van der Waals surface area contributed by atoms with E-state index in [1.165, 1.54) is 0 Å². The number of nitrogen functional groups attached to an aromatic ring is 1. The molecular formula is C14H13N3O. The summed E-state index contributed by atoms with van der Waals surface area (Å²) in [5.41, 5.74) is 8.46. The number of rotatable bonds is 3. The zero-order valence-electron chi connectivity index (χ0n) is 9.97. The molecule has 0 fully saturated rings. The lowest BCUT2D eigenvalue weighted by atomic mass is 10.1. The first-order chi connectivity index (χ1) is 8.72. The zero-order chi connectivity index (χ0) is 13.0. The molecule has 0 aromatic heterocycles. The van der Waals surface area contributed by atoms with Crippen molar-refractivity contribution >= 4 is 17.1 Å². The first kappa shape index (κ1) is 11.8. The average molecular weight is 239 g/mol. The minimum atomic E-state index is 0.554. The van der Waals surface area contributed by atoms with Gasteiger partial charge in [-0.05, 0) is 30.3 Å². The number of benzene rings is 2. The Morgan fingerprint density at radius 1 is 1.22 bits per heavy atom. The Morgan fingerprint density at radius 2 is 2.06 bits per heavy atom. The van der Waals surface area contributed by atoms with Crippen molar-refractivity contribution in [1.82, 2.24) is 0 Å². The SMILES string of the molecule is COc1ccc(C#N)c(Nc2cccc(N)c2)c1. The molecule has 0 spiro atoms. The minimum Gasteiger partial charge on any atom is -0.497 e. The number of hydrogen-bond donors (Lipinski definition) is 2. The Hall–Kier alpha value is -2.67. The highest BCUT2D eigenvalue weighted by Gasteiger charge is 2.04. The molecule has 4 nitrogen and oxygen atoms in total. The van der Waals surface area contributed by atoms with E-state index in [0.29, 0.717) is 22.7 Å². The molecule has 90 valence electrons. The van der Waals surface area contributed by atoms with Crippen LogP contribution in [-0.4, -0.2) is 7.11 Å². The average Bonchev–Trinajstić information content (AvgIpc) is 2.38. The van der Waals surface area contributed by atoms with Crippen molar-refractivity contribution in [3.63, 3.8) is 0 Å². The Labute approximate surface area is 106 Å². The predicted octanol–water partition coefficient (Wildman–Crippen LogP) is 2.89. The molecule has 2 rings (SSSR count). The van der Waals surface area contributed by atoms with Gasteiger partial charge in [-0.25, -0.2) is 0 Å². The second kappa shape index (κ2) is 5.11. The minimum absolute atomic E-state index is 0.554. The number of nitrogens with two attached hydrogens (primary N) is 1. The van der Waals surface area contributed by atoms with Gasteiger partial charge in [0, 0.05) is 17.4 Å². The van der Waals surface area contributed by atoms with Crippen LogP contribution in [-0.2, 0) is 0 Å². The Balaban J connectivity index is 2.36. The normalized spacial score (nSPS) is 9.56. The molecule has 0 saturated carbocycles. The first-order valence-corrected chi connectivity index (χ1v) is 5.43. The van der Waals surface area contributed by atoms with Crippen LogP contribution in [0.15, 0.2) is 42.5 Å². The number of ether oxygens (including phenoxy) is 1. The van der Waals surface area contributed by atoms with Crippen molar-refractivity contribution in [2.24, 2.45) is 0 Å². The van der Waals surface area contributed by atoms with Crippen molar-refractivity contribution in [2.75, 3.05) is 18.2 Å². The summed E-state index contributed by atoms with van der Waals surface area (Å²) in [4.78, 5) is 0. The lowest BCUT2D eigenvalue weighted by Crippen LogP contribution is -1.95. The van der Waals surface area contributed by atoms with Gasteiger partial charge >= 0.3 is 0 Å². The van der Waals surface area contributed by atoms with Crippen molar-refractivity contribution in [3.8, 4) is 11.8 Å². The van der Waals surface area contributed by atoms with E-state index in [0.717, 1.165) is 5.69 Å². The maximum Gasteiger partial charge on any atom is 0.121 e. The summed E-state index contributed by atoms with van der Waals surface area (Å²) < 4.78 is 5.14. The van der Waals surface area contributed by atoms with Crippen molar-refractivity contribution < 1.29 is 4.74 Å². The van der Waals surface area contributed by atoms with Crippen LogP contribution in [0.2, 0.25) is 0 Å². The highest BCUT2D eigenvalue weighted by atomic mass is 16.5. The van der Waals surface area contributed by atoms with Gasteiger partial charge in [-0.3, -0.25) is 0 Å². The molecule has 2 aromatic rings. The molecule has 2 aromatic carbocycles. The third kappa shape index (κ3) is 2.53. The number of anilines is 3. The smallest absolute Gasteiger partial charge is 0.121 e. The molecule has 0 aliphatic heterocycles. The van der Waals surface area contributed by atoms with E-state index in [4.69, 9.17) is 15.7 Å². The molecule has 0 amide bonds. The predicted molar refractivity (Wildman–Crippen MR) is 71.8 cm³/mol. The van der Waals surface area contributed by atoms with Gasteiger partial charge in [0.25, 0.3) is 0 Å². The molecule has 0 unspecified atom stereocenters. The van der Waals surface area contributed by atoms with E-state index in [-0.39, 0.29) is 0 Å². The maximum absolute atomic E-state index is 9.06. The van der Waals surface area contributed by atoms with Gasteiger partial charge in [0.1, 0.15) is 11.8 Å². The fraction of sp³-hybridized carbons (Fsp3) is 0.0714. The summed E-state index contributed by atoms with van der Waals surface area (Å²) in [5.74, 6) is 0.695. The molecule has 0 atom stereocenters. The van der Waals surface area contributed by atoms with Gasteiger partial charge in [-0.2, -0.15) is 5.26 Å². The molecule has 0 aliphatic rings. The maximum atomic E-state index is 9.06. The fourth-order valence-electron chi connectivity index (χ4n) is 1.62. The lowest BCUT2D eigenvalue weighted by molar-refractivity contribution is 0.415. The molecule has 0 bridgehead atoms. The van der Waals surface area contributed by atoms with Crippen molar-refractivity contribution in [2.45, 2.75) is 0 Å². The fourth-order valence-corrected chi connectivity index (χ4v) is 1.62. The number of nitrogens with zero attached hydrogens (tertiary/aromatic N) is 1. The van der Waals surface area contributed by atoms with Gasteiger partial charge in [0.05, 0.1) is 18.4 Å². The molecule has 0 aliphatic carbocycles. The number of nitrogens with one attached hydrogen (secondary N) is 1. The molecule has 4 heteroatoms. The van der Waals surface area contributed by atoms with Gasteiger partial charge in [0.15, 0.2) is 0 Å². The van der Waals surface area contributed by atoms with Crippen LogP contribution in [0.25, 0.3) is 0 Å². The van der Waals surface area contributed by atoms with Gasteiger partial charge in [0.2, 0.25) is 0 Å². The van der Waals surface area contributed by atoms with Crippen LogP contribution in [0.1, 0.15) is 5.56 Å². The van der Waals surface area contributed by atoms with Crippen LogP contribution in [0, 0.1) is 11.3 Å². The Morgan fingerprint density at radius 3 is 2.72 bits per heavy atom. The standard InChI is InChI=1S/C14H13N3O/c1-18-13-6-5-10(9-15)14(8-13)17-12-4-2-3-11(16)7-12/h2-8,17H,16H2,1H3. The molecule has 0 radical (unpaired) electrons. The Kier molecular flexibility index (Phi) is 3.35. The summed E-state index contributed by atoms with van der Waals surface area (Å²) in [6, 6.07) is 14.7. The monoisotopic (exact) mass is 239 g/mol. The van der Waals surface area contributed by atoms with Crippen molar-refractivity contribution in [1.29, 1.82) is 5.26 Å². The third-order valence-electron chi connectivity index (χ3n) is 2.51. The van der Waals surface area contributed by atoms with Crippen LogP contribution in [0.3, 0.4) is 0 Å².